The van der Waals surface area contributed by atoms with Crippen molar-refractivity contribution in [2.24, 2.45) is 0 Å². The Labute approximate surface area is 88.4 Å². The fourth-order valence-corrected chi connectivity index (χ4v) is 1.38. The van der Waals surface area contributed by atoms with Gasteiger partial charge in [-0.05, 0) is 30.2 Å². The van der Waals surface area contributed by atoms with E-state index < -0.39 is 12.2 Å². The summed E-state index contributed by atoms with van der Waals surface area (Å²) in [7, 11) is 0. The van der Waals surface area contributed by atoms with E-state index in [9.17, 15) is 15.3 Å². The SMILES string of the molecule is Cc1cc(C(O)C(O)CS)ccc1O. The van der Waals surface area contributed by atoms with Crippen LogP contribution in [0.2, 0.25) is 0 Å². The van der Waals surface area contributed by atoms with Crippen LogP contribution in [0.25, 0.3) is 0 Å². The van der Waals surface area contributed by atoms with E-state index in [2.05, 4.69) is 12.6 Å². The Morgan fingerprint density at radius 3 is 2.50 bits per heavy atom. The fourth-order valence-electron chi connectivity index (χ4n) is 1.18. The smallest absolute Gasteiger partial charge is 0.118 e. The van der Waals surface area contributed by atoms with Crippen LogP contribution in [0.15, 0.2) is 18.2 Å². The van der Waals surface area contributed by atoms with Gasteiger partial charge < -0.3 is 15.3 Å². The van der Waals surface area contributed by atoms with Crippen molar-refractivity contribution in [3.05, 3.63) is 29.3 Å². The summed E-state index contributed by atoms with van der Waals surface area (Å²) in [5, 5.41) is 28.2. The Bertz CT molecular complexity index is 314. The van der Waals surface area contributed by atoms with Crippen molar-refractivity contribution in [1.82, 2.24) is 0 Å². The molecule has 0 saturated carbocycles. The minimum Gasteiger partial charge on any atom is -0.508 e. The van der Waals surface area contributed by atoms with Gasteiger partial charge in [-0.3, -0.25) is 0 Å². The lowest BCUT2D eigenvalue weighted by Crippen LogP contribution is -2.19. The van der Waals surface area contributed by atoms with Crippen LogP contribution >= 0.6 is 12.6 Å². The van der Waals surface area contributed by atoms with Crippen LogP contribution < -0.4 is 0 Å². The topological polar surface area (TPSA) is 60.7 Å². The summed E-state index contributed by atoms with van der Waals surface area (Å²) in [5.41, 5.74) is 1.26. The highest BCUT2D eigenvalue weighted by molar-refractivity contribution is 7.80. The zero-order chi connectivity index (χ0) is 10.7. The zero-order valence-electron chi connectivity index (χ0n) is 7.88. The van der Waals surface area contributed by atoms with E-state index in [4.69, 9.17) is 0 Å². The molecule has 4 heteroatoms. The van der Waals surface area contributed by atoms with E-state index in [-0.39, 0.29) is 11.5 Å². The second-order valence-corrected chi connectivity index (χ2v) is 3.61. The molecule has 0 radical (unpaired) electrons. The number of hydrogen-bond acceptors (Lipinski definition) is 4. The maximum absolute atomic E-state index is 9.62. The van der Waals surface area contributed by atoms with Crippen molar-refractivity contribution in [2.75, 3.05) is 5.75 Å². The van der Waals surface area contributed by atoms with Gasteiger partial charge in [-0.25, -0.2) is 0 Å². The molecular formula is C10H14O3S. The summed E-state index contributed by atoms with van der Waals surface area (Å²) in [6.07, 6.45) is -1.84. The molecule has 2 unspecified atom stereocenters. The number of aryl methyl sites for hydroxylation is 1. The average Bonchev–Trinajstić information content (AvgIpc) is 2.20. The fraction of sp³-hybridized carbons (Fsp3) is 0.400. The predicted molar refractivity (Wildman–Crippen MR) is 57.7 cm³/mol. The molecule has 1 aromatic rings. The molecule has 3 nitrogen and oxygen atoms in total. The van der Waals surface area contributed by atoms with Gasteiger partial charge in [-0.2, -0.15) is 12.6 Å². The number of thiol groups is 1. The van der Waals surface area contributed by atoms with Gasteiger partial charge in [-0.1, -0.05) is 6.07 Å². The van der Waals surface area contributed by atoms with Crippen LogP contribution in [-0.4, -0.2) is 27.2 Å². The first kappa shape index (κ1) is 11.4. The minimum atomic E-state index is -0.952. The van der Waals surface area contributed by atoms with Gasteiger partial charge in [0.1, 0.15) is 11.9 Å². The van der Waals surface area contributed by atoms with E-state index in [0.717, 1.165) is 0 Å². The number of rotatable bonds is 3. The van der Waals surface area contributed by atoms with Gasteiger partial charge in [-0.15, -0.1) is 0 Å². The van der Waals surface area contributed by atoms with Crippen LogP contribution in [0.5, 0.6) is 5.75 Å². The summed E-state index contributed by atoms with van der Waals surface area (Å²) >= 11 is 3.89. The largest absolute Gasteiger partial charge is 0.508 e. The van der Waals surface area contributed by atoms with E-state index in [1.165, 1.54) is 6.07 Å². The first-order valence-electron chi connectivity index (χ1n) is 4.32. The van der Waals surface area contributed by atoms with Gasteiger partial charge in [0.25, 0.3) is 0 Å². The standard InChI is InChI=1S/C10H14O3S/c1-6-4-7(2-3-8(6)11)10(13)9(12)5-14/h2-4,9-14H,5H2,1H3. The highest BCUT2D eigenvalue weighted by Gasteiger charge is 2.17. The third-order valence-corrected chi connectivity index (χ3v) is 2.49. The number of phenolic OH excluding ortho intramolecular Hbond substituents is 1. The van der Waals surface area contributed by atoms with Crippen LogP contribution in [-0.2, 0) is 0 Å². The number of hydrogen-bond donors (Lipinski definition) is 4. The molecule has 0 heterocycles. The Morgan fingerprint density at radius 1 is 1.36 bits per heavy atom. The molecule has 0 aliphatic carbocycles. The second-order valence-electron chi connectivity index (χ2n) is 3.24. The Kier molecular flexibility index (Phi) is 3.80. The lowest BCUT2D eigenvalue weighted by atomic mass is 10.0. The molecule has 2 atom stereocenters. The van der Waals surface area contributed by atoms with Crippen molar-refractivity contribution in [3.63, 3.8) is 0 Å². The van der Waals surface area contributed by atoms with Gasteiger partial charge >= 0.3 is 0 Å². The normalized spacial score (nSPS) is 15.1. The van der Waals surface area contributed by atoms with E-state index in [0.29, 0.717) is 11.1 Å². The maximum atomic E-state index is 9.62. The average molecular weight is 214 g/mol. The first-order valence-corrected chi connectivity index (χ1v) is 4.96. The zero-order valence-corrected chi connectivity index (χ0v) is 8.78. The molecule has 0 amide bonds. The number of benzene rings is 1. The van der Waals surface area contributed by atoms with Gasteiger partial charge in [0.15, 0.2) is 0 Å². The van der Waals surface area contributed by atoms with Crippen molar-refractivity contribution in [3.8, 4) is 5.75 Å². The van der Waals surface area contributed by atoms with E-state index in [1.54, 1.807) is 19.1 Å². The van der Waals surface area contributed by atoms with Gasteiger partial charge in [0.2, 0.25) is 0 Å². The molecule has 14 heavy (non-hydrogen) atoms. The lowest BCUT2D eigenvalue weighted by Gasteiger charge is -2.16. The van der Waals surface area contributed by atoms with Crippen molar-refractivity contribution in [1.29, 1.82) is 0 Å². The molecule has 3 N–H and O–H groups in total. The molecule has 0 spiro atoms. The van der Waals surface area contributed by atoms with Gasteiger partial charge in [0.05, 0.1) is 6.10 Å². The summed E-state index contributed by atoms with van der Waals surface area (Å²) in [6, 6.07) is 4.73. The Hall–Kier alpha value is -0.710. The van der Waals surface area contributed by atoms with Gasteiger partial charge in [0, 0.05) is 5.75 Å². The van der Waals surface area contributed by atoms with Crippen LogP contribution in [0, 0.1) is 6.92 Å². The molecule has 1 rings (SSSR count). The van der Waals surface area contributed by atoms with Crippen molar-refractivity contribution >= 4 is 12.6 Å². The molecule has 0 aliphatic rings. The summed E-state index contributed by atoms with van der Waals surface area (Å²) < 4.78 is 0. The quantitative estimate of drug-likeness (QED) is 0.568. The third kappa shape index (κ3) is 2.41. The molecule has 0 saturated heterocycles. The molecule has 0 aromatic heterocycles. The Balaban J connectivity index is 2.91. The highest BCUT2D eigenvalue weighted by Crippen LogP contribution is 2.23. The second kappa shape index (κ2) is 4.68. The molecular weight excluding hydrogens is 200 g/mol. The highest BCUT2D eigenvalue weighted by atomic mass is 32.1. The van der Waals surface area contributed by atoms with Crippen LogP contribution in [0.1, 0.15) is 17.2 Å². The van der Waals surface area contributed by atoms with Crippen LogP contribution in [0.4, 0.5) is 0 Å². The number of phenols is 1. The molecule has 0 aliphatic heterocycles. The minimum absolute atomic E-state index is 0.182. The molecule has 78 valence electrons. The summed E-state index contributed by atoms with van der Waals surface area (Å²) in [6.45, 7) is 1.73. The molecule has 0 bridgehead atoms. The molecule has 0 fully saturated rings. The predicted octanol–water partition coefficient (Wildman–Crippen LogP) is 1.02. The lowest BCUT2D eigenvalue weighted by molar-refractivity contribution is 0.0337. The summed E-state index contributed by atoms with van der Waals surface area (Å²) in [5.74, 6) is 0.377. The molecule has 1 aromatic carbocycles. The third-order valence-electron chi connectivity index (χ3n) is 2.11. The number of aliphatic hydroxyl groups excluding tert-OH is 2. The Morgan fingerprint density at radius 2 is 2.00 bits per heavy atom. The van der Waals surface area contributed by atoms with Crippen LogP contribution in [0.3, 0.4) is 0 Å². The summed E-state index contributed by atoms with van der Waals surface area (Å²) in [4.78, 5) is 0. The maximum Gasteiger partial charge on any atom is 0.118 e. The monoisotopic (exact) mass is 214 g/mol. The number of aliphatic hydroxyl groups is 2. The first-order chi connectivity index (χ1) is 6.56. The van der Waals surface area contributed by atoms with Crippen molar-refractivity contribution < 1.29 is 15.3 Å². The van der Waals surface area contributed by atoms with Crippen molar-refractivity contribution in [2.45, 2.75) is 19.1 Å². The number of aromatic hydroxyl groups is 1. The van der Waals surface area contributed by atoms with E-state index in [1.807, 2.05) is 0 Å². The van der Waals surface area contributed by atoms with E-state index >= 15 is 0 Å².